The molecule has 1 N–H and O–H groups in total. The minimum absolute atomic E-state index is 0.331. The zero-order chi connectivity index (χ0) is 7.40. The van der Waals surface area contributed by atoms with Crippen LogP contribution in [0.4, 0.5) is 0 Å². The van der Waals surface area contributed by atoms with Crippen LogP contribution in [-0.4, -0.2) is 35.7 Å². The van der Waals surface area contributed by atoms with Gasteiger partial charge in [-0.15, -0.1) is 0 Å². The Morgan fingerprint density at radius 3 is 2.50 bits per heavy atom. The van der Waals surface area contributed by atoms with Crippen LogP contribution in [0.3, 0.4) is 0 Å². The van der Waals surface area contributed by atoms with E-state index in [9.17, 15) is 0 Å². The van der Waals surface area contributed by atoms with Gasteiger partial charge in [0.25, 0.3) is 0 Å². The lowest BCUT2D eigenvalue weighted by Crippen LogP contribution is -2.30. The molecule has 2 nitrogen and oxygen atoms in total. The summed E-state index contributed by atoms with van der Waals surface area (Å²) in [7, 11) is 0. The number of likely N-dealkylation sites (tertiary alicyclic amines) is 1. The van der Waals surface area contributed by atoms with E-state index in [1.807, 2.05) is 0 Å². The maximum Gasteiger partial charge on any atom is 0.0445 e. The van der Waals surface area contributed by atoms with Gasteiger partial charge in [-0.25, -0.2) is 0 Å². The van der Waals surface area contributed by atoms with Crippen LogP contribution in [0.25, 0.3) is 0 Å². The standard InChI is InChI=1S/C8H17NO/c1-8(4-7-10)9-5-2-3-6-9/h8,10H,2-7H2,1H3. The van der Waals surface area contributed by atoms with Crippen LogP contribution in [0.5, 0.6) is 0 Å². The van der Waals surface area contributed by atoms with Crippen molar-refractivity contribution in [3.63, 3.8) is 0 Å². The van der Waals surface area contributed by atoms with E-state index in [0.29, 0.717) is 12.6 Å². The van der Waals surface area contributed by atoms with E-state index in [0.717, 1.165) is 6.42 Å². The summed E-state index contributed by atoms with van der Waals surface area (Å²) >= 11 is 0. The van der Waals surface area contributed by atoms with Crippen molar-refractivity contribution >= 4 is 0 Å². The molecular formula is C8H17NO. The second-order valence-electron chi connectivity index (χ2n) is 3.10. The molecule has 1 atom stereocenters. The number of hydrogen-bond acceptors (Lipinski definition) is 2. The smallest absolute Gasteiger partial charge is 0.0445 e. The first kappa shape index (κ1) is 8.02. The second-order valence-corrected chi connectivity index (χ2v) is 3.10. The highest BCUT2D eigenvalue weighted by atomic mass is 16.3. The molecular weight excluding hydrogens is 126 g/mol. The van der Waals surface area contributed by atoms with Crippen molar-refractivity contribution in [2.75, 3.05) is 19.7 Å². The van der Waals surface area contributed by atoms with E-state index in [1.54, 1.807) is 0 Å². The Bertz CT molecular complexity index is 89.3. The minimum atomic E-state index is 0.331. The van der Waals surface area contributed by atoms with E-state index in [2.05, 4.69) is 11.8 Å². The molecule has 1 fully saturated rings. The Kier molecular flexibility index (Phi) is 3.16. The monoisotopic (exact) mass is 143 g/mol. The molecule has 2 heteroatoms. The highest BCUT2D eigenvalue weighted by Crippen LogP contribution is 2.12. The molecule has 0 amide bonds. The summed E-state index contributed by atoms with van der Waals surface area (Å²) in [6.07, 6.45) is 3.62. The third-order valence-corrected chi connectivity index (χ3v) is 2.31. The van der Waals surface area contributed by atoms with E-state index >= 15 is 0 Å². The summed E-state index contributed by atoms with van der Waals surface area (Å²) in [6, 6.07) is 0.590. The van der Waals surface area contributed by atoms with Crippen LogP contribution in [0, 0.1) is 0 Å². The normalized spacial score (nSPS) is 23.4. The average Bonchev–Trinajstić information content (AvgIpc) is 2.38. The molecule has 0 aliphatic carbocycles. The van der Waals surface area contributed by atoms with Gasteiger partial charge in [0.15, 0.2) is 0 Å². The molecule has 1 saturated heterocycles. The number of aliphatic hydroxyl groups is 1. The van der Waals surface area contributed by atoms with Crippen LogP contribution < -0.4 is 0 Å². The Morgan fingerprint density at radius 2 is 2.00 bits per heavy atom. The molecule has 0 bridgehead atoms. The third-order valence-electron chi connectivity index (χ3n) is 2.31. The lowest BCUT2D eigenvalue weighted by Gasteiger charge is -2.22. The minimum Gasteiger partial charge on any atom is -0.396 e. The van der Waals surface area contributed by atoms with Gasteiger partial charge in [-0.3, -0.25) is 0 Å². The maximum absolute atomic E-state index is 8.67. The third kappa shape index (κ3) is 1.96. The molecule has 0 aromatic rings. The maximum atomic E-state index is 8.67. The number of nitrogens with zero attached hydrogens (tertiary/aromatic N) is 1. The molecule has 1 heterocycles. The van der Waals surface area contributed by atoms with Crippen LogP contribution in [0.1, 0.15) is 26.2 Å². The van der Waals surface area contributed by atoms with E-state index in [4.69, 9.17) is 5.11 Å². The first-order chi connectivity index (χ1) is 4.84. The highest BCUT2D eigenvalue weighted by Gasteiger charge is 2.16. The van der Waals surface area contributed by atoms with Gasteiger partial charge in [-0.05, 0) is 39.3 Å². The molecule has 1 unspecified atom stereocenters. The summed E-state index contributed by atoms with van der Waals surface area (Å²) in [5, 5.41) is 8.67. The van der Waals surface area contributed by atoms with E-state index in [-0.39, 0.29) is 0 Å². The topological polar surface area (TPSA) is 23.5 Å². The van der Waals surface area contributed by atoms with Crippen molar-refractivity contribution in [2.24, 2.45) is 0 Å². The quantitative estimate of drug-likeness (QED) is 0.633. The predicted molar refractivity (Wildman–Crippen MR) is 42.0 cm³/mol. The van der Waals surface area contributed by atoms with Crippen molar-refractivity contribution in [3.8, 4) is 0 Å². The average molecular weight is 143 g/mol. The predicted octanol–water partition coefficient (Wildman–Crippen LogP) is 0.853. The second kappa shape index (κ2) is 3.94. The molecule has 1 aliphatic heterocycles. The zero-order valence-electron chi connectivity index (χ0n) is 6.71. The highest BCUT2D eigenvalue weighted by molar-refractivity contribution is 4.72. The van der Waals surface area contributed by atoms with Crippen molar-refractivity contribution in [3.05, 3.63) is 0 Å². The van der Waals surface area contributed by atoms with Crippen LogP contribution in [-0.2, 0) is 0 Å². The van der Waals surface area contributed by atoms with Gasteiger partial charge in [-0.1, -0.05) is 0 Å². The lowest BCUT2D eigenvalue weighted by molar-refractivity contribution is 0.196. The fourth-order valence-corrected chi connectivity index (χ4v) is 1.55. The van der Waals surface area contributed by atoms with Crippen molar-refractivity contribution in [2.45, 2.75) is 32.2 Å². The van der Waals surface area contributed by atoms with Crippen LogP contribution in [0.2, 0.25) is 0 Å². The molecule has 1 aliphatic rings. The summed E-state index contributed by atoms with van der Waals surface area (Å²) < 4.78 is 0. The SMILES string of the molecule is CC(CCO)N1CCCC1. The van der Waals surface area contributed by atoms with Crippen LogP contribution in [0.15, 0.2) is 0 Å². The number of hydrogen-bond donors (Lipinski definition) is 1. The van der Waals surface area contributed by atoms with Crippen molar-refractivity contribution in [1.29, 1.82) is 0 Å². The Hall–Kier alpha value is -0.0800. The summed E-state index contributed by atoms with van der Waals surface area (Å²) in [4.78, 5) is 2.45. The van der Waals surface area contributed by atoms with Crippen molar-refractivity contribution < 1.29 is 5.11 Å². The summed E-state index contributed by atoms with van der Waals surface area (Å²) in [5.41, 5.74) is 0. The van der Waals surface area contributed by atoms with Gasteiger partial charge in [0.05, 0.1) is 0 Å². The Balaban J connectivity index is 2.18. The van der Waals surface area contributed by atoms with Gasteiger partial charge < -0.3 is 10.0 Å². The van der Waals surface area contributed by atoms with Crippen molar-refractivity contribution in [1.82, 2.24) is 4.90 Å². The Labute approximate surface area is 62.8 Å². The zero-order valence-corrected chi connectivity index (χ0v) is 6.71. The summed E-state index contributed by atoms with van der Waals surface area (Å²) in [5.74, 6) is 0. The number of rotatable bonds is 3. The molecule has 0 saturated carbocycles. The number of aliphatic hydroxyl groups excluding tert-OH is 1. The summed E-state index contributed by atoms with van der Waals surface area (Å²) in [6.45, 7) is 5.00. The van der Waals surface area contributed by atoms with E-state index in [1.165, 1.54) is 25.9 Å². The van der Waals surface area contributed by atoms with Crippen LogP contribution >= 0.6 is 0 Å². The van der Waals surface area contributed by atoms with Gasteiger partial charge in [0.1, 0.15) is 0 Å². The first-order valence-corrected chi connectivity index (χ1v) is 4.19. The fraction of sp³-hybridized carbons (Fsp3) is 1.00. The lowest BCUT2D eigenvalue weighted by atomic mass is 10.2. The first-order valence-electron chi connectivity index (χ1n) is 4.19. The van der Waals surface area contributed by atoms with Gasteiger partial charge in [0, 0.05) is 12.6 Å². The largest absolute Gasteiger partial charge is 0.396 e. The molecule has 10 heavy (non-hydrogen) atoms. The molecule has 0 radical (unpaired) electrons. The molecule has 0 spiro atoms. The molecule has 60 valence electrons. The Morgan fingerprint density at radius 1 is 1.40 bits per heavy atom. The molecule has 0 aromatic carbocycles. The van der Waals surface area contributed by atoms with Gasteiger partial charge in [0.2, 0.25) is 0 Å². The molecule has 1 rings (SSSR count). The van der Waals surface area contributed by atoms with E-state index < -0.39 is 0 Å². The fourth-order valence-electron chi connectivity index (χ4n) is 1.55. The molecule has 0 aromatic heterocycles. The van der Waals surface area contributed by atoms with Gasteiger partial charge in [-0.2, -0.15) is 0 Å². The van der Waals surface area contributed by atoms with Gasteiger partial charge >= 0.3 is 0 Å².